The zero-order valence-corrected chi connectivity index (χ0v) is 10.7. The van der Waals surface area contributed by atoms with Crippen molar-refractivity contribution < 1.29 is 4.74 Å². The first-order valence-electron chi connectivity index (χ1n) is 5.87. The molecule has 0 aliphatic heterocycles. The molecule has 0 saturated heterocycles. The first-order chi connectivity index (χ1) is 8.01. The van der Waals surface area contributed by atoms with Crippen LogP contribution >= 0.6 is 0 Å². The third kappa shape index (κ3) is 3.06. The van der Waals surface area contributed by atoms with Crippen LogP contribution in [0.3, 0.4) is 0 Å². The minimum atomic E-state index is 0.384. The summed E-state index contributed by atoms with van der Waals surface area (Å²) < 4.78 is 5.00. The molecule has 1 atom stereocenters. The van der Waals surface area contributed by atoms with Gasteiger partial charge in [-0.25, -0.2) is 9.97 Å². The minimum Gasteiger partial charge on any atom is -0.384 e. The van der Waals surface area contributed by atoms with Gasteiger partial charge >= 0.3 is 0 Å². The number of nitrogens with zero attached hydrogens (tertiary/aromatic N) is 2. The third-order valence-electron chi connectivity index (χ3n) is 3.31. The SMILES string of the molecule is COCc1nc(N)cc(NCC2CC2(C)C)n1. The van der Waals surface area contributed by atoms with Crippen molar-refractivity contribution in [3.05, 3.63) is 11.9 Å². The van der Waals surface area contributed by atoms with Gasteiger partial charge in [0.25, 0.3) is 0 Å². The maximum absolute atomic E-state index is 5.72. The molecule has 94 valence electrons. The Labute approximate surface area is 102 Å². The molecule has 1 aromatic heterocycles. The van der Waals surface area contributed by atoms with Gasteiger partial charge in [-0.1, -0.05) is 13.8 Å². The second kappa shape index (κ2) is 4.49. The quantitative estimate of drug-likeness (QED) is 0.813. The van der Waals surface area contributed by atoms with Crippen molar-refractivity contribution in [1.29, 1.82) is 0 Å². The van der Waals surface area contributed by atoms with Crippen LogP contribution in [0.4, 0.5) is 11.6 Å². The molecule has 1 aliphatic rings. The lowest BCUT2D eigenvalue weighted by molar-refractivity contribution is 0.178. The lowest BCUT2D eigenvalue weighted by atomic mass is 10.1. The smallest absolute Gasteiger partial charge is 0.158 e. The maximum Gasteiger partial charge on any atom is 0.158 e. The topological polar surface area (TPSA) is 73.1 Å². The number of rotatable bonds is 5. The fourth-order valence-electron chi connectivity index (χ4n) is 1.95. The van der Waals surface area contributed by atoms with Crippen molar-refractivity contribution in [1.82, 2.24) is 9.97 Å². The highest BCUT2D eigenvalue weighted by atomic mass is 16.5. The van der Waals surface area contributed by atoms with E-state index in [1.165, 1.54) is 6.42 Å². The molecule has 0 spiro atoms. The van der Waals surface area contributed by atoms with Crippen LogP contribution in [0.2, 0.25) is 0 Å². The molecule has 1 unspecified atom stereocenters. The molecule has 1 saturated carbocycles. The predicted octanol–water partition coefficient (Wildman–Crippen LogP) is 1.66. The summed E-state index contributed by atoms with van der Waals surface area (Å²) in [6.07, 6.45) is 1.27. The molecule has 2 rings (SSSR count). The van der Waals surface area contributed by atoms with Crippen LogP contribution in [0.5, 0.6) is 0 Å². The Morgan fingerprint density at radius 2 is 2.24 bits per heavy atom. The van der Waals surface area contributed by atoms with Gasteiger partial charge < -0.3 is 15.8 Å². The maximum atomic E-state index is 5.72. The highest BCUT2D eigenvalue weighted by Gasteiger charge is 2.44. The van der Waals surface area contributed by atoms with Crippen molar-refractivity contribution in [3.63, 3.8) is 0 Å². The second-order valence-electron chi connectivity index (χ2n) is 5.30. The number of hydrogen-bond acceptors (Lipinski definition) is 5. The number of ether oxygens (including phenoxy) is 1. The summed E-state index contributed by atoms with van der Waals surface area (Å²) in [5.74, 6) is 2.60. The third-order valence-corrected chi connectivity index (χ3v) is 3.31. The van der Waals surface area contributed by atoms with Gasteiger partial charge in [0.15, 0.2) is 5.82 Å². The van der Waals surface area contributed by atoms with E-state index in [0.29, 0.717) is 23.7 Å². The van der Waals surface area contributed by atoms with Crippen molar-refractivity contribution in [2.75, 3.05) is 24.7 Å². The normalized spacial score (nSPS) is 21.2. The Kier molecular flexibility index (Phi) is 3.19. The predicted molar refractivity (Wildman–Crippen MR) is 67.5 cm³/mol. The zero-order valence-electron chi connectivity index (χ0n) is 10.7. The molecule has 1 aromatic rings. The molecular formula is C12H20N4O. The molecule has 0 amide bonds. The Morgan fingerprint density at radius 1 is 1.53 bits per heavy atom. The van der Waals surface area contributed by atoms with Gasteiger partial charge in [-0.3, -0.25) is 0 Å². The molecule has 5 nitrogen and oxygen atoms in total. The van der Waals surface area contributed by atoms with Crippen molar-refractivity contribution >= 4 is 11.6 Å². The summed E-state index contributed by atoms with van der Waals surface area (Å²) in [6, 6.07) is 1.76. The summed E-state index contributed by atoms with van der Waals surface area (Å²) in [7, 11) is 1.62. The number of anilines is 2. The number of methoxy groups -OCH3 is 1. The highest BCUT2D eigenvalue weighted by Crippen LogP contribution is 2.51. The van der Waals surface area contributed by atoms with Crippen LogP contribution in [0.1, 0.15) is 26.1 Å². The molecule has 1 heterocycles. The highest BCUT2D eigenvalue weighted by molar-refractivity contribution is 5.44. The molecule has 17 heavy (non-hydrogen) atoms. The molecule has 3 N–H and O–H groups in total. The van der Waals surface area contributed by atoms with Gasteiger partial charge in [0.2, 0.25) is 0 Å². The summed E-state index contributed by atoms with van der Waals surface area (Å²) in [4.78, 5) is 8.44. The fraction of sp³-hybridized carbons (Fsp3) is 0.667. The van der Waals surface area contributed by atoms with Gasteiger partial charge in [0.1, 0.15) is 18.2 Å². The number of nitrogens with two attached hydrogens (primary N) is 1. The molecule has 1 fully saturated rings. The van der Waals surface area contributed by atoms with Gasteiger partial charge in [-0.15, -0.1) is 0 Å². The van der Waals surface area contributed by atoms with Gasteiger partial charge in [-0.05, 0) is 17.8 Å². The van der Waals surface area contributed by atoms with Gasteiger partial charge in [-0.2, -0.15) is 0 Å². The second-order valence-corrected chi connectivity index (χ2v) is 5.30. The van der Waals surface area contributed by atoms with Crippen LogP contribution < -0.4 is 11.1 Å². The van der Waals surface area contributed by atoms with E-state index in [1.807, 2.05) is 0 Å². The largest absolute Gasteiger partial charge is 0.384 e. The van der Waals surface area contributed by atoms with Crippen LogP contribution in [-0.2, 0) is 11.3 Å². The lowest BCUT2D eigenvalue weighted by Crippen LogP contribution is -2.11. The Hall–Kier alpha value is -1.36. The number of nitrogens with one attached hydrogen (secondary N) is 1. The average Bonchev–Trinajstić information content (AvgIpc) is 2.83. The van der Waals surface area contributed by atoms with Crippen LogP contribution in [-0.4, -0.2) is 23.6 Å². The van der Waals surface area contributed by atoms with E-state index in [4.69, 9.17) is 10.5 Å². The Bertz CT molecular complexity index is 405. The first kappa shape index (κ1) is 12.1. The standard InChI is InChI=1S/C12H20N4O/c1-12(2)5-8(12)6-14-10-4-9(13)15-11(16-10)7-17-3/h4,8H,5-7H2,1-3H3,(H3,13,14,15,16). The van der Waals surface area contributed by atoms with Crippen molar-refractivity contribution in [2.24, 2.45) is 11.3 Å². The van der Waals surface area contributed by atoms with Gasteiger partial charge in [0.05, 0.1) is 0 Å². The molecule has 1 aliphatic carbocycles. The van der Waals surface area contributed by atoms with E-state index >= 15 is 0 Å². The molecular weight excluding hydrogens is 216 g/mol. The summed E-state index contributed by atoms with van der Waals surface area (Å²) in [5.41, 5.74) is 6.19. The summed E-state index contributed by atoms with van der Waals surface area (Å²) >= 11 is 0. The van der Waals surface area contributed by atoms with Crippen LogP contribution in [0.25, 0.3) is 0 Å². The molecule has 0 bridgehead atoms. The van der Waals surface area contributed by atoms with E-state index in [2.05, 4.69) is 29.1 Å². The Balaban J connectivity index is 1.96. The zero-order chi connectivity index (χ0) is 12.5. The van der Waals surface area contributed by atoms with Gasteiger partial charge in [0, 0.05) is 19.7 Å². The molecule has 0 aromatic carbocycles. The van der Waals surface area contributed by atoms with E-state index in [0.717, 1.165) is 18.3 Å². The molecule has 5 heteroatoms. The average molecular weight is 236 g/mol. The van der Waals surface area contributed by atoms with E-state index in [-0.39, 0.29) is 0 Å². The van der Waals surface area contributed by atoms with Crippen LogP contribution in [0, 0.1) is 11.3 Å². The Morgan fingerprint density at radius 3 is 2.82 bits per heavy atom. The lowest BCUT2D eigenvalue weighted by Gasteiger charge is -2.09. The van der Waals surface area contributed by atoms with E-state index in [9.17, 15) is 0 Å². The van der Waals surface area contributed by atoms with Crippen molar-refractivity contribution in [2.45, 2.75) is 26.9 Å². The molecule has 0 radical (unpaired) electrons. The van der Waals surface area contributed by atoms with Crippen molar-refractivity contribution in [3.8, 4) is 0 Å². The summed E-state index contributed by atoms with van der Waals surface area (Å²) in [6.45, 7) is 5.89. The number of hydrogen-bond donors (Lipinski definition) is 2. The summed E-state index contributed by atoms with van der Waals surface area (Å²) in [5, 5.41) is 3.32. The van der Waals surface area contributed by atoms with E-state index < -0.39 is 0 Å². The van der Waals surface area contributed by atoms with Crippen LogP contribution in [0.15, 0.2) is 6.07 Å². The number of nitrogen functional groups attached to an aromatic ring is 1. The number of aromatic nitrogens is 2. The van der Waals surface area contributed by atoms with E-state index in [1.54, 1.807) is 13.2 Å². The first-order valence-corrected chi connectivity index (χ1v) is 5.87. The fourth-order valence-corrected chi connectivity index (χ4v) is 1.95. The minimum absolute atomic E-state index is 0.384. The monoisotopic (exact) mass is 236 g/mol.